The summed E-state index contributed by atoms with van der Waals surface area (Å²) in [6.07, 6.45) is -0.122. The van der Waals surface area contributed by atoms with Crippen LogP contribution < -0.4 is 9.47 Å². The van der Waals surface area contributed by atoms with Crippen molar-refractivity contribution in [3.05, 3.63) is 64.0 Å². The summed E-state index contributed by atoms with van der Waals surface area (Å²) in [6.45, 7) is 0. The Morgan fingerprint density at radius 1 is 1.23 bits per heavy atom. The monoisotopic (exact) mass is 305 g/mol. The molecule has 2 rings (SSSR count). The van der Waals surface area contributed by atoms with Crippen LogP contribution in [0.15, 0.2) is 42.5 Å². The molecule has 2 aromatic rings. The van der Waals surface area contributed by atoms with Gasteiger partial charge in [0.15, 0.2) is 0 Å². The van der Waals surface area contributed by atoms with E-state index in [0.29, 0.717) is 5.56 Å². The molecule has 0 bridgehead atoms. The van der Waals surface area contributed by atoms with E-state index in [1.165, 1.54) is 49.6 Å². The molecular weight excluding hydrogens is 293 g/mol. The zero-order chi connectivity index (χ0) is 16.1. The molecule has 0 aromatic heterocycles. The number of hydrogen-bond acceptors (Lipinski definition) is 5. The number of halogens is 1. The van der Waals surface area contributed by atoms with Gasteiger partial charge in [0.1, 0.15) is 11.6 Å². The van der Waals surface area contributed by atoms with Crippen LogP contribution in [0, 0.1) is 15.9 Å². The Balaban J connectivity index is 2.14. The summed E-state index contributed by atoms with van der Waals surface area (Å²) in [4.78, 5) is 22.1. The maximum absolute atomic E-state index is 12.8. The third kappa shape index (κ3) is 3.78. The lowest BCUT2D eigenvalue weighted by molar-refractivity contribution is -0.385. The number of carbonyl (C=O) groups is 1. The summed E-state index contributed by atoms with van der Waals surface area (Å²) in [5, 5.41) is 11.0. The van der Waals surface area contributed by atoms with Crippen LogP contribution >= 0.6 is 0 Å². The van der Waals surface area contributed by atoms with E-state index in [2.05, 4.69) is 0 Å². The minimum atomic E-state index is -0.681. The molecule has 0 amide bonds. The summed E-state index contributed by atoms with van der Waals surface area (Å²) in [6, 6.07) is 9.24. The first kappa shape index (κ1) is 15.4. The topological polar surface area (TPSA) is 78.7 Å². The molecule has 0 saturated heterocycles. The summed E-state index contributed by atoms with van der Waals surface area (Å²) in [7, 11) is 1.37. The first-order valence-corrected chi connectivity index (χ1v) is 6.27. The molecule has 0 aliphatic carbocycles. The van der Waals surface area contributed by atoms with Gasteiger partial charge < -0.3 is 9.47 Å². The highest BCUT2D eigenvalue weighted by Gasteiger charge is 2.19. The lowest BCUT2D eigenvalue weighted by atomic mass is 10.1. The van der Waals surface area contributed by atoms with Gasteiger partial charge in [-0.05, 0) is 29.8 Å². The number of ether oxygens (including phenoxy) is 2. The molecule has 0 atom stereocenters. The Morgan fingerprint density at radius 3 is 2.50 bits per heavy atom. The molecule has 0 radical (unpaired) electrons. The van der Waals surface area contributed by atoms with E-state index >= 15 is 0 Å². The van der Waals surface area contributed by atoms with E-state index in [4.69, 9.17) is 9.47 Å². The Bertz CT molecular complexity index is 700. The van der Waals surface area contributed by atoms with E-state index in [1.54, 1.807) is 0 Å². The van der Waals surface area contributed by atoms with Crippen LogP contribution in [0.2, 0.25) is 0 Å². The van der Waals surface area contributed by atoms with E-state index in [-0.39, 0.29) is 23.6 Å². The third-order valence-electron chi connectivity index (χ3n) is 2.85. The van der Waals surface area contributed by atoms with Crippen molar-refractivity contribution in [1.29, 1.82) is 0 Å². The number of methoxy groups -OCH3 is 1. The molecule has 0 unspecified atom stereocenters. The second kappa shape index (κ2) is 6.66. The van der Waals surface area contributed by atoms with Gasteiger partial charge in [-0.2, -0.15) is 0 Å². The van der Waals surface area contributed by atoms with E-state index in [1.807, 2.05) is 0 Å². The molecule has 114 valence electrons. The highest BCUT2D eigenvalue weighted by molar-refractivity contribution is 5.76. The molecule has 0 heterocycles. The fraction of sp³-hybridized carbons (Fsp3) is 0.133. The van der Waals surface area contributed by atoms with Crippen molar-refractivity contribution in [2.45, 2.75) is 6.42 Å². The Kier molecular flexibility index (Phi) is 4.67. The summed E-state index contributed by atoms with van der Waals surface area (Å²) < 4.78 is 22.7. The molecule has 0 fully saturated rings. The number of nitrogens with zero attached hydrogens (tertiary/aromatic N) is 1. The number of hydrogen-bond donors (Lipinski definition) is 0. The number of benzene rings is 2. The number of carbonyl (C=O) groups excluding carboxylic acids is 1. The second-order valence-electron chi connectivity index (χ2n) is 4.37. The van der Waals surface area contributed by atoms with Gasteiger partial charge in [0.05, 0.1) is 24.5 Å². The van der Waals surface area contributed by atoms with E-state index < -0.39 is 16.7 Å². The van der Waals surface area contributed by atoms with Crippen molar-refractivity contribution in [3.8, 4) is 11.5 Å². The van der Waals surface area contributed by atoms with Crippen LogP contribution in [0.1, 0.15) is 5.56 Å². The van der Waals surface area contributed by atoms with Crippen molar-refractivity contribution in [2.24, 2.45) is 0 Å². The summed E-state index contributed by atoms with van der Waals surface area (Å²) >= 11 is 0. The van der Waals surface area contributed by atoms with Gasteiger partial charge in [0.25, 0.3) is 0 Å². The van der Waals surface area contributed by atoms with Gasteiger partial charge in [0.2, 0.25) is 5.75 Å². The first-order chi connectivity index (χ1) is 10.5. The molecule has 0 aliphatic rings. The average Bonchev–Trinajstić information content (AvgIpc) is 2.49. The van der Waals surface area contributed by atoms with Gasteiger partial charge in [-0.15, -0.1) is 0 Å². The molecule has 0 aliphatic heterocycles. The fourth-order valence-electron chi connectivity index (χ4n) is 1.78. The summed E-state index contributed by atoms with van der Waals surface area (Å²) in [5.41, 5.74) is 0.175. The quantitative estimate of drug-likeness (QED) is 0.367. The predicted octanol–water partition coefficient (Wildman–Crippen LogP) is 2.89. The number of nitro benzene ring substituents is 1. The molecule has 7 heteroatoms. The lowest BCUT2D eigenvalue weighted by Gasteiger charge is -2.06. The summed E-state index contributed by atoms with van der Waals surface area (Å²) in [5.74, 6) is -0.981. The molecule has 6 nitrogen and oxygen atoms in total. The molecule has 0 spiro atoms. The van der Waals surface area contributed by atoms with Crippen LogP contribution in [0.4, 0.5) is 10.1 Å². The predicted molar refractivity (Wildman–Crippen MR) is 75.4 cm³/mol. The molecule has 0 N–H and O–H groups in total. The fourth-order valence-corrected chi connectivity index (χ4v) is 1.78. The highest BCUT2D eigenvalue weighted by atomic mass is 19.1. The van der Waals surface area contributed by atoms with Gasteiger partial charge in [-0.1, -0.05) is 12.1 Å². The number of nitro groups is 1. The Hall–Kier alpha value is -2.96. The maximum Gasteiger partial charge on any atom is 0.315 e. The van der Waals surface area contributed by atoms with Gasteiger partial charge >= 0.3 is 11.7 Å². The third-order valence-corrected chi connectivity index (χ3v) is 2.85. The van der Waals surface area contributed by atoms with Crippen molar-refractivity contribution in [3.63, 3.8) is 0 Å². The van der Waals surface area contributed by atoms with E-state index in [9.17, 15) is 19.3 Å². The van der Waals surface area contributed by atoms with Crippen molar-refractivity contribution in [2.75, 3.05) is 7.11 Å². The van der Waals surface area contributed by atoms with Crippen molar-refractivity contribution < 1.29 is 23.6 Å². The second-order valence-corrected chi connectivity index (χ2v) is 4.37. The van der Waals surface area contributed by atoms with Crippen molar-refractivity contribution in [1.82, 2.24) is 0 Å². The molecule has 0 saturated carbocycles. The molecule has 22 heavy (non-hydrogen) atoms. The Morgan fingerprint density at radius 2 is 1.91 bits per heavy atom. The normalized spacial score (nSPS) is 10.1. The van der Waals surface area contributed by atoms with Gasteiger partial charge in [-0.3, -0.25) is 14.9 Å². The van der Waals surface area contributed by atoms with Crippen LogP contribution in [0.25, 0.3) is 0 Å². The largest absolute Gasteiger partial charge is 0.496 e. The van der Waals surface area contributed by atoms with E-state index in [0.717, 1.165) is 0 Å². The smallest absolute Gasteiger partial charge is 0.315 e. The minimum absolute atomic E-state index is 0.122. The Labute approximate surface area is 125 Å². The molecular formula is C15H12FNO5. The first-order valence-electron chi connectivity index (χ1n) is 6.27. The average molecular weight is 305 g/mol. The van der Waals surface area contributed by atoms with Gasteiger partial charge in [0, 0.05) is 0 Å². The van der Waals surface area contributed by atoms with Crippen LogP contribution in [0.5, 0.6) is 11.5 Å². The van der Waals surface area contributed by atoms with Crippen LogP contribution in [-0.2, 0) is 11.2 Å². The van der Waals surface area contributed by atoms with Crippen molar-refractivity contribution >= 4 is 11.7 Å². The molecule has 2 aromatic carbocycles. The highest BCUT2D eigenvalue weighted by Crippen LogP contribution is 2.31. The van der Waals surface area contributed by atoms with Crippen LogP contribution in [-0.4, -0.2) is 18.0 Å². The zero-order valence-corrected chi connectivity index (χ0v) is 11.6. The maximum atomic E-state index is 12.8. The van der Waals surface area contributed by atoms with Gasteiger partial charge in [-0.25, -0.2) is 4.39 Å². The lowest BCUT2D eigenvalue weighted by Crippen LogP contribution is -2.12. The van der Waals surface area contributed by atoms with Crippen LogP contribution in [0.3, 0.4) is 0 Å². The number of rotatable bonds is 5. The standard InChI is InChI=1S/C15H12FNO5/c1-21-12-6-7-14(13(9-12)17(19)20)22-15(18)8-10-2-4-11(16)5-3-10/h2-7,9H,8H2,1H3. The number of esters is 1. The SMILES string of the molecule is COc1ccc(OC(=O)Cc2ccc(F)cc2)c([N+](=O)[O-])c1. The zero-order valence-electron chi connectivity index (χ0n) is 11.6. The minimum Gasteiger partial charge on any atom is -0.496 e.